The molecule has 4 rings (SSSR count). The SMILES string of the molecule is C[C@@H]1CCCN(c2ncc(-c3cnccn3)c(-c3ccoc3)n2)C1. The summed E-state index contributed by atoms with van der Waals surface area (Å²) >= 11 is 0. The molecular weight excluding hydrogens is 302 g/mol. The Bertz CT molecular complexity index is 804. The average Bonchev–Trinajstić information content (AvgIpc) is 3.16. The maximum Gasteiger partial charge on any atom is 0.225 e. The lowest BCUT2D eigenvalue weighted by Crippen LogP contribution is -2.35. The van der Waals surface area contributed by atoms with Crippen LogP contribution in [0.25, 0.3) is 22.5 Å². The van der Waals surface area contributed by atoms with Crippen molar-refractivity contribution in [3.8, 4) is 22.5 Å². The summed E-state index contributed by atoms with van der Waals surface area (Å²) in [4.78, 5) is 20.2. The Morgan fingerprint density at radius 2 is 2.17 bits per heavy atom. The first kappa shape index (κ1) is 14.8. The van der Waals surface area contributed by atoms with E-state index in [0.29, 0.717) is 5.92 Å². The Kier molecular flexibility index (Phi) is 3.94. The Morgan fingerprint density at radius 3 is 2.92 bits per heavy atom. The minimum Gasteiger partial charge on any atom is -0.472 e. The topological polar surface area (TPSA) is 67.9 Å². The van der Waals surface area contributed by atoms with Gasteiger partial charge in [-0.2, -0.15) is 0 Å². The number of anilines is 1. The second-order valence-corrected chi connectivity index (χ2v) is 6.23. The Morgan fingerprint density at radius 1 is 1.21 bits per heavy atom. The molecule has 0 radical (unpaired) electrons. The molecule has 0 N–H and O–H groups in total. The number of nitrogens with zero attached hydrogens (tertiary/aromatic N) is 5. The lowest BCUT2D eigenvalue weighted by Gasteiger charge is -2.31. The zero-order chi connectivity index (χ0) is 16.4. The van der Waals surface area contributed by atoms with Gasteiger partial charge in [-0.05, 0) is 24.8 Å². The van der Waals surface area contributed by atoms with Crippen molar-refractivity contribution >= 4 is 5.95 Å². The van der Waals surface area contributed by atoms with E-state index in [-0.39, 0.29) is 0 Å². The minimum absolute atomic E-state index is 0.666. The highest BCUT2D eigenvalue weighted by atomic mass is 16.3. The van der Waals surface area contributed by atoms with Crippen molar-refractivity contribution in [2.75, 3.05) is 18.0 Å². The molecule has 4 heterocycles. The monoisotopic (exact) mass is 321 g/mol. The highest BCUT2D eigenvalue weighted by Gasteiger charge is 2.21. The summed E-state index contributed by atoms with van der Waals surface area (Å²) in [5, 5.41) is 0. The van der Waals surface area contributed by atoms with Crippen LogP contribution >= 0.6 is 0 Å². The fourth-order valence-electron chi connectivity index (χ4n) is 3.14. The van der Waals surface area contributed by atoms with Crippen LogP contribution in [-0.2, 0) is 0 Å². The predicted octanol–water partition coefficient (Wildman–Crippen LogP) is 3.43. The maximum absolute atomic E-state index is 5.25. The first-order valence-corrected chi connectivity index (χ1v) is 8.22. The molecule has 0 aromatic carbocycles. The molecule has 122 valence electrons. The quantitative estimate of drug-likeness (QED) is 0.736. The third kappa shape index (κ3) is 2.87. The van der Waals surface area contributed by atoms with Gasteiger partial charge in [-0.3, -0.25) is 9.97 Å². The summed E-state index contributed by atoms with van der Waals surface area (Å²) in [6.45, 7) is 4.27. The molecule has 6 nitrogen and oxygen atoms in total. The van der Waals surface area contributed by atoms with Gasteiger partial charge >= 0.3 is 0 Å². The van der Waals surface area contributed by atoms with Crippen molar-refractivity contribution < 1.29 is 4.42 Å². The Balaban J connectivity index is 1.78. The normalized spacial score (nSPS) is 17.9. The fraction of sp³-hybridized carbons (Fsp3) is 0.333. The summed E-state index contributed by atoms with van der Waals surface area (Å²) in [6, 6.07) is 1.91. The third-order valence-electron chi connectivity index (χ3n) is 4.35. The average molecular weight is 321 g/mol. The lowest BCUT2D eigenvalue weighted by molar-refractivity contribution is 0.442. The predicted molar refractivity (Wildman–Crippen MR) is 91.4 cm³/mol. The number of piperidine rings is 1. The van der Waals surface area contributed by atoms with Crippen LogP contribution in [0, 0.1) is 5.92 Å². The van der Waals surface area contributed by atoms with Crippen LogP contribution in [0.4, 0.5) is 5.95 Å². The smallest absolute Gasteiger partial charge is 0.225 e. The van der Waals surface area contributed by atoms with E-state index in [1.807, 2.05) is 12.3 Å². The molecular formula is C18H19N5O. The molecule has 3 aromatic rings. The number of hydrogen-bond acceptors (Lipinski definition) is 6. The molecule has 0 unspecified atom stereocenters. The fourth-order valence-corrected chi connectivity index (χ4v) is 3.14. The molecule has 0 spiro atoms. The van der Waals surface area contributed by atoms with Crippen LogP contribution in [0.3, 0.4) is 0 Å². The van der Waals surface area contributed by atoms with Gasteiger partial charge in [-0.25, -0.2) is 9.97 Å². The van der Waals surface area contributed by atoms with Crippen molar-refractivity contribution in [1.29, 1.82) is 0 Å². The van der Waals surface area contributed by atoms with Gasteiger partial charge < -0.3 is 9.32 Å². The van der Waals surface area contributed by atoms with Crippen LogP contribution in [0.2, 0.25) is 0 Å². The largest absolute Gasteiger partial charge is 0.472 e. The minimum atomic E-state index is 0.666. The van der Waals surface area contributed by atoms with Gasteiger partial charge in [0.25, 0.3) is 0 Å². The first-order chi connectivity index (χ1) is 11.8. The highest BCUT2D eigenvalue weighted by molar-refractivity contribution is 5.78. The second-order valence-electron chi connectivity index (χ2n) is 6.23. The molecule has 0 saturated carbocycles. The van der Waals surface area contributed by atoms with Crippen LogP contribution in [0.5, 0.6) is 0 Å². The number of aromatic nitrogens is 4. The standard InChI is InChI=1S/C18H19N5O/c1-13-3-2-7-23(11-13)18-21-9-15(16-10-19-5-6-20-16)17(22-18)14-4-8-24-12-14/h4-6,8-10,12-13H,2-3,7,11H2,1H3/t13-/m1/s1. The molecule has 0 amide bonds. The van der Waals surface area contributed by atoms with Gasteiger partial charge in [0.05, 0.1) is 30.1 Å². The van der Waals surface area contributed by atoms with Crippen molar-refractivity contribution in [1.82, 2.24) is 19.9 Å². The van der Waals surface area contributed by atoms with Crippen LogP contribution in [0.1, 0.15) is 19.8 Å². The van der Waals surface area contributed by atoms with Crippen molar-refractivity contribution in [2.24, 2.45) is 5.92 Å². The van der Waals surface area contributed by atoms with Gasteiger partial charge in [0.15, 0.2) is 0 Å². The van der Waals surface area contributed by atoms with E-state index in [1.54, 1.807) is 31.1 Å². The Labute approximate surface area is 140 Å². The summed E-state index contributed by atoms with van der Waals surface area (Å²) in [5.41, 5.74) is 3.36. The van der Waals surface area contributed by atoms with Crippen molar-refractivity contribution in [3.05, 3.63) is 43.4 Å². The molecule has 3 aromatic heterocycles. The van der Waals surface area contributed by atoms with Crippen molar-refractivity contribution in [2.45, 2.75) is 19.8 Å². The maximum atomic E-state index is 5.25. The molecule has 24 heavy (non-hydrogen) atoms. The number of furan rings is 1. The van der Waals surface area contributed by atoms with E-state index in [0.717, 1.165) is 41.6 Å². The van der Waals surface area contributed by atoms with E-state index in [2.05, 4.69) is 26.8 Å². The summed E-state index contributed by atoms with van der Waals surface area (Å²) in [7, 11) is 0. The molecule has 1 saturated heterocycles. The lowest BCUT2D eigenvalue weighted by atomic mass is 10.0. The van der Waals surface area contributed by atoms with Crippen LogP contribution in [0.15, 0.2) is 47.8 Å². The van der Waals surface area contributed by atoms with Crippen LogP contribution in [-0.4, -0.2) is 33.0 Å². The molecule has 1 aliphatic rings. The van der Waals surface area contributed by atoms with Gasteiger partial charge in [0.1, 0.15) is 0 Å². The Hall–Kier alpha value is -2.76. The van der Waals surface area contributed by atoms with Crippen molar-refractivity contribution in [3.63, 3.8) is 0 Å². The van der Waals surface area contributed by atoms with E-state index < -0.39 is 0 Å². The molecule has 0 bridgehead atoms. The molecule has 0 aliphatic carbocycles. The molecule has 1 aliphatic heterocycles. The number of rotatable bonds is 3. The van der Waals surface area contributed by atoms with Gasteiger partial charge in [0, 0.05) is 42.8 Å². The highest BCUT2D eigenvalue weighted by Crippen LogP contribution is 2.31. The number of hydrogen-bond donors (Lipinski definition) is 0. The molecule has 1 fully saturated rings. The molecule has 6 heteroatoms. The van der Waals surface area contributed by atoms with E-state index in [9.17, 15) is 0 Å². The van der Waals surface area contributed by atoms with Crippen LogP contribution < -0.4 is 4.90 Å². The summed E-state index contributed by atoms with van der Waals surface area (Å²) in [6.07, 6.45) is 12.7. The van der Waals surface area contributed by atoms with Gasteiger partial charge in [0.2, 0.25) is 5.95 Å². The third-order valence-corrected chi connectivity index (χ3v) is 4.35. The van der Waals surface area contributed by atoms with Gasteiger partial charge in [-0.15, -0.1) is 0 Å². The van der Waals surface area contributed by atoms with E-state index in [1.165, 1.54) is 12.8 Å². The zero-order valence-corrected chi connectivity index (χ0v) is 13.6. The zero-order valence-electron chi connectivity index (χ0n) is 13.6. The second kappa shape index (κ2) is 6.39. The van der Waals surface area contributed by atoms with E-state index in [4.69, 9.17) is 9.40 Å². The first-order valence-electron chi connectivity index (χ1n) is 8.22. The van der Waals surface area contributed by atoms with E-state index >= 15 is 0 Å². The molecule has 1 atom stereocenters. The van der Waals surface area contributed by atoms with Gasteiger partial charge in [-0.1, -0.05) is 6.92 Å². The summed E-state index contributed by atoms with van der Waals surface area (Å²) < 4.78 is 5.25. The summed E-state index contributed by atoms with van der Waals surface area (Å²) in [5.74, 6) is 1.43.